The maximum Gasteiger partial charge on any atom is 0.243 e. The van der Waals surface area contributed by atoms with Gasteiger partial charge in [0.1, 0.15) is 0 Å². The Morgan fingerprint density at radius 1 is 1.11 bits per heavy atom. The van der Waals surface area contributed by atoms with E-state index in [1.165, 1.54) is 9.18 Å². The van der Waals surface area contributed by atoms with Crippen molar-refractivity contribution in [3.05, 3.63) is 46.7 Å². The van der Waals surface area contributed by atoms with Crippen molar-refractivity contribution in [1.29, 1.82) is 0 Å². The van der Waals surface area contributed by atoms with Crippen LogP contribution in [0.5, 0.6) is 0 Å². The molecule has 1 fully saturated rings. The van der Waals surface area contributed by atoms with E-state index in [9.17, 15) is 13.2 Å². The fourth-order valence-corrected chi connectivity index (χ4v) is 5.16. The van der Waals surface area contributed by atoms with E-state index in [-0.39, 0.29) is 10.8 Å². The number of nitrogens with zero attached hydrogens (tertiary/aromatic N) is 2. The molecule has 0 saturated carbocycles. The van der Waals surface area contributed by atoms with Gasteiger partial charge in [-0.05, 0) is 55.6 Å². The lowest BCUT2D eigenvalue weighted by Gasteiger charge is -2.31. The first-order chi connectivity index (χ1) is 12.9. The Labute approximate surface area is 164 Å². The lowest BCUT2D eigenvalue weighted by atomic mass is 10.2. The number of anilines is 1. The summed E-state index contributed by atoms with van der Waals surface area (Å²) in [5.74, 6) is -0.0544. The normalized spacial score (nSPS) is 16.3. The van der Waals surface area contributed by atoms with Crippen molar-refractivity contribution in [3.63, 3.8) is 0 Å². The average Bonchev–Trinajstić information content (AvgIpc) is 3.16. The predicted octanol–water partition coefficient (Wildman–Crippen LogP) is 2.65. The Morgan fingerprint density at radius 3 is 2.44 bits per heavy atom. The summed E-state index contributed by atoms with van der Waals surface area (Å²) in [4.78, 5) is 15.7. The molecule has 1 N–H and O–H groups in total. The molecule has 6 nitrogen and oxygen atoms in total. The van der Waals surface area contributed by atoms with Crippen molar-refractivity contribution in [2.45, 2.75) is 24.2 Å². The number of hydrogen-bond donors (Lipinski definition) is 1. The summed E-state index contributed by atoms with van der Waals surface area (Å²) >= 11 is 1.70. The molecule has 3 rings (SSSR count). The van der Waals surface area contributed by atoms with Crippen molar-refractivity contribution in [1.82, 2.24) is 9.21 Å². The van der Waals surface area contributed by atoms with Crippen molar-refractivity contribution < 1.29 is 13.2 Å². The predicted molar refractivity (Wildman–Crippen MR) is 109 cm³/mol. The summed E-state index contributed by atoms with van der Waals surface area (Å²) in [7, 11) is -1.49. The highest BCUT2D eigenvalue weighted by atomic mass is 32.2. The SMILES string of the molecule is CN1CCN(S(=O)(=O)c2ccc(NC(=O)CCCc3cccs3)cc2)CC1. The fraction of sp³-hybridized carbons (Fsp3) is 0.421. The summed E-state index contributed by atoms with van der Waals surface area (Å²) in [6.07, 6.45) is 2.13. The molecule has 1 aromatic heterocycles. The number of carbonyl (C=O) groups is 1. The molecule has 0 spiro atoms. The van der Waals surface area contributed by atoms with E-state index in [2.05, 4.69) is 16.3 Å². The summed E-state index contributed by atoms with van der Waals surface area (Å²) in [5.41, 5.74) is 0.619. The van der Waals surface area contributed by atoms with Crippen LogP contribution in [-0.2, 0) is 21.2 Å². The van der Waals surface area contributed by atoms with Crippen LogP contribution in [0.4, 0.5) is 5.69 Å². The van der Waals surface area contributed by atoms with Crippen molar-refractivity contribution in [2.24, 2.45) is 0 Å². The molecule has 0 aliphatic carbocycles. The van der Waals surface area contributed by atoms with Gasteiger partial charge >= 0.3 is 0 Å². The van der Waals surface area contributed by atoms with E-state index < -0.39 is 10.0 Å². The van der Waals surface area contributed by atoms with Gasteiger partial charge in [0.05, 0.1) is 4.90 Å². The van der Waals surface area contributed by atoms with Gasteiger partial charge < -0.3 is 10.2 Å². The van der Waals surface area contributed by atoms with Crippen LogP contribution in [0.1, 0.15) is 17.7 Å². The van der Waals surface area contributed by atoms with E-state index >= 15 is 0 Å². The highest BCUT2D eigenvalue weighted by Gasteiger charge is 2.27. The minimum Gasteiger partial charge on any atom is -0.326 e. The topological polar surface area (TPSA) is 69.7 Å². The number of nitrogens with one attached hydrogen (secondary N) is 1. The second-order valence-electron chi connectivity index (χ2n) is 6.71. The van der Waals surface area contributed by atoms with Gasteiger partial charge in [-0.15, -0.1) is 11.3 Å². The van der Waals surface area contributed by atoms with Crippen LogP contribution in [0.3, 0.4) is 0 Å². The number of amides is 1. The van der Waals surface area contributed by atoms with E-state index in [0.29, 0.717) is 25.2 Å². The van der Waals surface area contributed by atoms with Crippen LogP contribution >= 0.6 is 11.3 Å². The quantitative estimate of drug-likeness (QED) is 0.766. The molecule has 8 heteroatoms. The number of hydrogen-bond acceptors (Lipinski definition) is 5. The molecule has 2 aromatic rings. The summed E-state index contributed by atoms with van der Waals surface area (Å²) < 4.78 is 26.9. The zero-order valence-electron chi connectivity index (χ0n) is 15.4. The Kier molecular flexibility index (Phi) is 6.64. The zero-order valence-corrected chi connectivity index (χ0v) is 17.1. The first-order valence-corrected chi connectivity index (χ1v) is 11.4. The number of aryl methyl sites for hydroxylation is 1. The largest absolute Gasteiger partial charge is 0.326 e. The molecule has 0 atom stereocenters. The van der Waals surface area contributed by atoms with Crippen molar-refractivity contribution in [2.75, 3.05) is 38.5 Å². The Balaban J connectivity index is 1.52. The highest BCUT2D eigenvalue weighted by molar-refractivity contribution is 7.89. The smallest absolute Gasteiger partial charge is 0.243 e. The Morgan fingerprint density at radius 2 is 1.81 bits per heavy atom. The van der Waals surface area contributed by atoms with E-state index in [0.717, 1.165) is 25.9 Å². The molecule has 0 radical (unpaired) electrons. The summed E-state index contributed by atoms with van der Waals surface area (Å²) in [6.45, 7) is 2.47. The minimum atomic E-state index is -3.47. The van der Waals surface area contributed by atoms with Gasteiger partial charge in [-0.2, -0.15) is 4.31 Å². The average molecular weight is 408 g/mol. The van der Waals surface area contributed by atoms with Crippen LogP contribution in [0.25, 0.3) is 0 Å². The number of piperazine rings is 1. The molecule has 0 bridgehead atoms. The second-order valence-corrected chi connectivity index (χ2v) is 9.68. The van der Waals surface area contributed by atoms with Gasteiger partial charge in [0.15, 0.2) is 0 Å². The third-order valence-corrected chi connectivity index (χ3v) is 7.49. The van der Waals surface area contributed by atoms with Crippen LogP contribution in [-0.4, -0.2) is 56.8 Å². The van der Waals surface area contributed by atoms with Crippen LogP contribution in [0.15, 0.2) is 46.7 Å². The van der Waals surface area contributed by atoms with Crippen LogP contribution in [0.2, 0.25) is 0 Å². The lowest BCUT2D eigenvalue weighted by Crippen LogP contribution is -2.46. The summed E-state index contributed by atoms with van der Waals surface area (Å²) in [5, 5.41) is 4.87. The number of rotatable bonds is 7. The first kappa shape index (κ1) is 20.0. The van der Waals surface area contributed by atoms with Crippen molar-refractivity contribution in [3.8, 4) is 0 Å². The molecule has 1 aliphatic heterocycles. The fourth-order valence-electron chi connectivity index (χ4n) is 2.99. The number of benzene rings is 1. The van der Waals surface area contributed by atoms with E-state index in [1.807, 2.05) is 18.5 Å². The molecule has 146 valence electrons. The van der Waals surface area contributed by atoms with E-state index in [4.69, 9.17) is 0 Å². The van der Waals surface area contributed by atoms with Gasteiger partial charge in [-0.3, -0.25) is 4.79 Å². The molecule has 1 aromatic carbocycles. The van der Waals surface area contributed by atoms with Gasteiger partial charge in [0.2, 0.25) is 15.9 Å². The molecular formula is C19H25N3O3S2. The number of thiophene rings is 1. The van der Waals surface area contributed by atoms with Crippen LogP contribution < -0.4 is 5.32 Å². The van der Waals surface area contributed by atoms with Gasteiger partial charge in [0.25, 0.3) is 0 Å². The monoisotopic (exact) mass is 407 g/mol. The Hall–Kier alpha value is -1.74. The number of likely N-dealkylation sites (N-methyl/N-ethyl adjacent to an activating group) is 1. The molecule has 2 heterocycles. The molecule has 27 heavy (non-hydrogen) atoms. The number of sulfonamides is 1. The van der Waals surface area contributed by atoms with Gasteiger partial charge in [-0.1, -0.05) is 6.07 Å². The molecule has 1 aliphatic rings. The summed E-state index contributed by atoms with van der Waals surface area (Å²) in [6, 6.07) is 10.5. The third kappa shape index (κ3) is 5.38. The maximum atomic E-state index is 12.7. The van der Waals surface area contributed by atoms with Gasteiger partial charge in [-0.25, -0.2) is 8.42 Å². The highest BCUT2D eigenvalue weighted by Crippen LogP contribution is 2.20. The standard InChI is InChI=1S/C19H25N3O3S2/c1-21-11-13-22(14-12-21)27(24,25)18-9-7-16(8-10-18)20-19(23)6-2-4-17-5-3-15-26-17/h3,5,7-10,15H,2,4,6,11-14H2,1H3,(H,20,23). The molecule has 1 amide bonds. The second kappa shape index (κ2) is 8.97. The minimum absolute atomic E-state index is 0.0544. The zero-order chi connectivity index (χ0) is 19.3. The van der Waals surface area contributed by atoms with Crippen molar-refractivity contribution >= 4 is 33.0 Å². The third-order valence-electron chi connectivity index (χ3n) is 4.65. The Bertz CT molecular complexity index is 841. The maximum absolute atomic E-state index is 12.7. The molecule has 0 unspecified atom stereocenters. The lowest BCUT2D eigenvalue weighted by molar-refractivity contribution is -0.116. The molecular weight excluding hydrogens is 382 g/mol. The van der Waals surface area contributed by atoms with Gasteiger partial charge in [0, 0.05) is 43.2 Å². The van der Waals surface area contributed by atoms with E-state index in [1.54, 1.807) is 35.6 Å². The number of carbonyl (C=O) groups excluding carboxylic acids is 1. The van der Waals surface area contributed by atoms with Crippen LogP contribution in [0, 0.1) is 0 Å². The molecule has 1 saturated heterocycles. The first-order valence-electron chi connectivity index (χ1n) is 9.06.